The fourth-order valence-corrected chi connectivity index (χ4v) is 15.4. The first-order chi connectivity index (χ1) is 68.3. The molecule has 2 N–H and O–H groups in total. The Hall–Kier alpha value is -16.6. The number of halogens is 6. The van der Waals surface area contributed by atoms with Crippen molar-refractivity contribution in [3.63, 3.8) is 0 Å². The molecule has 0 aliphatic carbocycles. The van der Waals surface area contributed by atoms with E-state index in [4.69, 9.17) is 61.6 Å². The number of rotatable bonds is 14. The summed E-state index contributed by atoms with van der Waals surface area (Å²) in [6.07, 6.45) is 17.2. The van der Waals surface area contributed by atoms with Gasteiger partial charge in [0, 0.05) is 222 Å². The fourth-order valence-electron chi connectivity index (χ4n) is 15.4. The number of pyridine rings is 12. The second-order valence-electron chi connectivity index (χ2n) is 31.3. The summed E-state index contributed by atoms with van der Waals surface area (Å²) in [5, 5.41) is 20.5. The van der Waals surface area contributed by atoms with Crippen molar-refractivity contribution in [2.75, 3.05) is 0 Å². The average Bonchev–Trinajstić information content (AvgIpc) is 1.58. The molecular weight excluding hydrogens is 2550 g/mol. The van der Waals surface area contributed by atoms with Crippen molar-refractivity contribution < 1.29 is 128 Å². The number of nitrogens with zero attached hydrogens (tertiary/aromatic N) is 19. The van der Waals surface area contributed by atoms with Crippen LogP contribution in [0, 0.1) is 65.7 Å². The number of hydrogen-bond acceptors (Lipinski definition) is 17. The third kappa shape index (κ3) is 22.7. The molecule has 33 heteroatoms. The van der Waals surface area contributed by atoms with Crippen LogP contribution in [0.2, 0.25) is 0 Å². The number of aromatic carboxylic acids is 2. The molecule has 0 aliphatic heterocycles. The Bertz CT molecular complexity index is 8030. The molecule has 0 atom stereocenters. The maximum atomic E-state index is 14.5. The van der Waals surface area contributed by atoms with Gasteiger partial charge in [-0.2, -0.15) is 0 Å². The van der Waals surface area contributed by atoms with Gasteiger partial charge in [-0.25, -0.2) is 49.5 Å². The van der Waals surface area contributed by atoms with Gasteiger partial charge in [-0.1, -0.05) is 139 Å². The van der Waals surface area contributed by atoms with Crippen LogP contribution < -0.4 is 0 Å². The molecule has 3 radical (unpaired) electrons. The minimum Gasteiger partial charge on any atom is -0.477 e. The van der Waals surface area contributed by atoms with Crippen LogP contribution in [0.3, 0.4) is 0 Å². The van der Waals surface area contributed by atoms with Crippen molar-refractivity contribution >= 4 is 83.8 Å². The summed E-state index contributed by atoms with van der Waals surface area (Å²) in [7, 11) is 0. The van der Waals surface area contributed by atoms with Crippen LogP contribution in [0.15, 0.2) is 371 Å². The Morgan fingerprint density at radius 2 is 0.701 bits per heavy atom. The number of hydrogen-bond donors (Lipinski definition) is 2. The monoisotopic (exact) mass is 2620 g/mol. The molecule has 23 nitrogen and oxygen atoms in total. The fraction of sp³-hybridized carbons (Fsp3) is 0.0270. The van der Waals surface area contributed by atoms with Gasteiger partial charge < -0.3 is 30.1 Å². The number of carboxylic acid groups (broad SMARTS) is 2. The van der Waals surface area contributed by atoms with Gasteiger partial charge in [-0.05, 0) is 176 Å². The van der Waals surface area contributed by atoms with E-state index in [9.17, 15) is 35.9 Å². The van der Waals surface area contributed by atoms with Gasteiger partial charge in [0.1, 0.15) is 45.4 Å². The van der Waals surface area contributed by atoms with Gasteiger partial charge >= 0.3 is 11.9 Å². The number of carbonyl (C=O) groups is 2. The predicted octanol–water partition coefficient (Wildman–Crippen LogP) is 24.3. The number of fused-ring (bicyclic) bond motifs is 6. The average molecular weight is 2620 g/mol. The third-order valence-electron chi connectivity index (χ3n) is 22.0. The van der Waals surface area contributed by atoms with Gasteiger partial charge in [0.2, 0.25) is 0 Å². The smallest absolute Gasteiger partial charge is 0.354 e. The number of aromatic nitrogens is 18. The zero-order valence-electron chi connectivity index (χ0n) is 75.0. The summed E-state index contributed by atoms with van der Waals surface area (Å²) in [5.74, 6) is -4.70. The second-order valence-corrected chi connectivity index (χ2v) is 31.3. The Morgan fingerprint density at radius 1 is 0.340 bits per heavy atom. The molecule has 23 rings (SSSR count). The summed E-state index contributed by atoms with van der Waals surface area (Å²) in [4.78, 5) is 93.9. The van der Waals surface area contributed by atoms with Crippen LogP contribution in [0.25, 0.3) is 167 Å². The van der Waals surface area contributed by atoms with Gasteiger partial charge in [0.15, 0.2) is 22.6 Å². The van der Waals surface area contributed by atoms with Gasteiger partial charge in [0.05, 0.1) is 45.9 Å². The van der Waals surface area contributed by atoms with Crippen LogP contribution in [0.5, 0.6) is 0 Å². The first-order valence-electron chi connectivity index (χ1n) is 43.1. The van der Waals surface area contributed by atoms with Crippen LogP contribution in [-0.2, 0) is 86.8 Å². The summed E-state index contributed by atoms with van der Waals surface area (Å²) in [6, 6.07) is 102. The van der Waals surface area contributed by atoms with E-state index in [1.54, 1.807) is 110 Å². The largest absolute Gasteiger partial charge is 0.477 e. The first-order valence-corrected chi connectivity index (χ1v) is 43.1. The van der Waals surface area contributed by atoms with E-state index in [1.165, 1.54) is 24.4 Å². The minimum absolute atomic E-state index is 0. The quantitative estimate of drug-likeness (QED) is 0.0755. The van der Waals surface area contributed by atoms with E-state index in [0.717, 1.165) is 125 Å². The molecule has 0 saturated heterocycles. The van der Waals surface area contributed by atoms with Gasteiger partial charge in [0.25, 0.3) is 0 Å². The van der Waals surface area contributed by atoms with E-state index in [2.05, 4.69) is 146 Å². The Morgan fingerprint density at radius 3 is 1.09 bits per heavy atom. The molecule has 0 bridgehead atoms. The maximum Gasteiger partial charge on any atom is 0.354 e. The van der Waals surface area contributed by atoms with Crippen LogP contribution in [0.4, 0.5) is 32.0 Å². The van der Waals surface area contributed by atoms with Crippen LogP contribution in [0.1, 0.15) is 46.2 Å². The molecule has 23 aromatic rings. The summed E-state index contributed by atoms with van der Waals surface area (Å²) in [5.41, 5.74) is 14.6. The van der Waals surface area contributed by atoms with Crippen LogP contribution in [-0.4, -0.2) is 111 Å². The molecule has 0 aliphatic rings. The molecule has 0 spiro atoms. The Kier molecular flexibility index (Phi) is 33.8. The second kappa shape index (κ2) is 47.1. The SMILES string of the molecule is Fc1c[c-]c(-c2ccccn2)c(F)c1.Fc1c[c-]c(-c2ccccn2)c(F)c1.O=C(O)c1ccccn1.[C-]#[N+]c1c(F)c[c-]c(-c2cccc(C(C)(C)c3cccc(C(=O)O)n3)n2)c1F.[Ir].[Ir].[Ir].[Pt].[c-]1ccccc1-c1ccccn1.c1cnc2c(-n3c(-c4cc(-c5nc6cccnc6n5-c5cccc6cccnc56)cc(-c5nc6cccnc6n5-c5cccc6cccnc56)c4)nc4cccnc43)cccc2c1. The minimum atomic E-state index is -1.14. The van der Waals surface area contributed by atoms with E-state index < -0.39 is 57.9 Å². The molecule has 0 saturated carbocycles. The van der Waals surface area contributed by atoms with E-state index in [-0.39, 0.29) is 115 Å². The molecule has 8 aromatic carbocycles. The molecule has 15 heterocycles. The molecule has 0 amide bonds. The maximum absolute atomic E-state index is 14.5. The zero-order valence-corrected chi connectivity index (χ0v) is 84.5. The van der Waals surface area contributed by atoms with Crippen LogP contribution >= 0.6 is 0 Å². The van der Waals surface area contributed by atoms with Crippen molar-refractivity contribution in [1.82, 2.24) is 88.5 Å². The Labute approximate surface area is 873 Å². The molecule has 0 fully saturated rings. The van der Waals surface area contributed by atoms with E-state index in [1.807, 2.05) is 148 Å². The predicted molar refractivity (Wildman–Crippen MR) is 520 cm³/mol. The van der Waals surface area contributed by atoms with Gasteiger partial charge in [-0.15, -0.1) is 77.9 Å². The molecule has 15 aromatic heterocycles. The number of imidazole rings is 3. The van der Waals surface area contributed by atoms with E-state index in [0.29, 0.717) is 57.2 Å². The molecular formula is C111H69F6Ir3N19O4Pt-4. The number of carboxylic acids is 2. The van der Waals surface area contributed by atoms with Crippen molar-refractivity contribution in [1.29, 1.82) is 0 Å². The summed E-state index contributed by atoms with van der Waals surface area (Å²) in [6.45, 7) is 10.6. The van der Waals surface area contributed by atoms with Crippen molar-refractivity contribution in [2.24, 2.45) is 0 Å². The standard InChI is InChI=1S/C51H30N12.C21H14F2N3O2.2C11H6F2N.C11H8N.C6H5NO2.3Ir.Pt/c1-10-31-13-4-22-52-43(31)40(19-1)61-46(58-37-16-7-25-55-49(37)61)34-28-35(47-59-38-17-8-26-56-50(38)62(47)41-20-2-11-32-14-5-23-53-44(32)41)30-36(29-34)48-60-39-18-9-27-57-51(39)63(48)42-21-3-12-33-15-6-24-54-45(33)42;1-21(2,17-9-5-7-15(26-17)20(27)28)16-8-4-6-14(25-16)12-10-11-13(22)19(24-3)18(12)23;2*12-8-4-5-9(10(13)7-8)11-3-1-2-6-14-11;1-2-6-10(7-3-1)11-8-4-5-9-12-11;8-6(9)5-3-1-2-4-7-5;;;;/h1-30H;4-9,11H,1-2H3,(H,27,28);2*1-4,6-7H;1-6,8-9H;1-4H,(H,8,9);;;;/q;4*-1;;;;;. The third-order valence-corrected chi connectivity index (χ3v) is 22.0. The van der Waals surface area contributed by atoms with Crippen molar-refractivity contribution in [3.05, 3.63) is 465 Å². The topological polar surface area (TPSA) is 287 Å². The normalized spacial score (nSPS) is 10.7. The Balaban J connectivity index is 0.000000165. The first kappa shape index (κ1) is 103. The number of para-hydroxylation sites is 3. The van der Waals surface area contributed by atoms with E-state index >= 15 is 0 Å². The van der Waals surface area contributed by atoms with Gasteiger partial charge in [-0.3, -0.25) is 59.8 Å². The molecule has 0 unspecified atom stereocenters. The van der Waals surface area contributed by atoms with Crippen molar-refractivity contribution in [2.45, 2.75) is 19.3 Å². The zero-order chi connectivity index (χ0) is 96.8. The summed E-state index contributed by atoms with van der Waals surface area (Å²) >= 11 is 0. The van der Waals surface area contributed by atoms with Crippen molar-refractivity contribution in [3.8, 4) is 96.3 Å². The molecule has 715 valence electrons. The summed E-state index contributed by atoms with van der Waals surface area (Å²) < 4.78 is 86.0. The molecule has 144 heavy (non-hydrogen) atoms. The number of benzene rings is 8.